The molecule has 8 aromatic rings. The van der Waals surface area contributed by atoms with Gasteiger partial charge in [0, 0.05) is 0 Å². The predicted octanol–water partition coefficient (Wildman–Crippen LogP) is 10.8. The Morgan fingerprint density at radius 3 is 0.703 bits per heavy atom. The molecular formula is C55H52ClMoNO2P4. The van der Waals surface area contributed by atoms with E-state index >= 15 is 0 Å². The molecule has 0 bridgehead atoms. The van der Waals surface area contributed by atoms with E-state index in [9.17, 15) is 5.11 Å². The Kier molecular flexibility index (Phi) is 21.7. The van der Waals surface area contributed by atoms with Gasteiger partial charge in [-0.2, -0.15) is 0 Å². The van der Waals surface area contributed by atoms with Crippen LogP contribution < -0.4 is 47.5 Å². The van der Waals surface area contributed by atoms with Crippen LogP contribution in [0.3, 0.4) is 0 Å². The van der Waals surface area contributed by atoms with Crippen molar-refractivity contribution in [2.24, 2.45) is 0 Å². The van der Waals surface area contributed by atoms with Crippen molar-refractivity contribution in [1.82, 2.24) is 0 Å². The Morgan fingerprint density at radius 2 is 0.562 bits per heavy atom. The van der Waals surface area contributed by atoms with Crippen molar-refractivity contribution in [3.63, 3.8) is 0 Å². The third-order valence-corrected chi connectivity index (χ3v) is 21.7. The molecule has 0 aliphatic heterocycles. The summed E-state index contributed by atoms with van der Waals surface area (Å²) in [6.45, 7) is 0. The second kappa shape index (κ2) is 28.4. The molecular weight excluding hydrogens is 962 g/mol. The number of hydrogen-bond donors (Lipinski definition) is 0. The standard InChI is InChI=1S/2C26H24P2.C3H5NO2.ClH.Mo/c2*1-5-13-23(14-6-1)27(24-15-7-2-8-16-24)21-22-28(25-17-9-3-10-18-25)26-19-11-4-12-20-26;1-6-3(5)2-4;;/h2*1-20H,21-22H2;2,5H,1H3;1H;/q;;+1;;+1/p-2/b;;3-2+;;. The third kappa shape index (κ3) is 15.9. The van der Waals surface area contributed by atoms with Gasteiger partial charge in [0.2, 0.25) is 0 Å². The minimum Gasteiger partial charge on any atom is -0.0622 e. The van der Waals surface area contributed by atoms with Gasteiger partial charge in [-0.1, -0.05) is 243 Å². The van der Waals surface area contributed by atoms with Gasteiger partial charge in [-0.25, -0.2) is 0 Å². The number of halogens is 1. The van der Waals surface area contributed by atoms with Gasteiger partial charge in [-0.3, -0.25) is 0 Å². The first kappa shape index (κ1) is 49.0. The van der Waals surface area contributed by atoms with Gasteiger partial charge in [-0.15, -0.1) is 0 Å². The fourth-order valence-electron chi connectivity index (χ4n) is 7.01. The van der Waals surface area contributed by atoms with E-state index in [0.717, 1.165) is 6.20 Å². The van der Waals surface area contributed by atoms with Gasteiger partial charge in [0.25, 0.3) is 0 Å². The first-order chi connectivity index (χ1) is 31.6. The zero-order chi connectivity index (χ0) is 44.4. The topological polar surface area (TPSA) is 36.6 Å². The summed E-state index contributed by atoms with van der Waals surface area (Å²) in [6.07, 6.45) is 5.92. The van der Waals surface area contributed by atoms with Gasteiger partial charge in [0.1, 0.15) is 0 Å². The SMILES string of the molecule is CO/C([O-])=C/[N+]#[Mo][Cl].c1ccc(P(CCP(c2ccccc2)c2ccccc2)c2ccccc2)cc1.c1ccc(P(CCP(c2ccccc2)c2ccccc2)c2ccccc2)cc1. The number of ether oxygens (including phenoxy) is 1. The van der Waals surface area contributed by atoms with E-state index < -0.39 is 23.1 Å². The molecule has 0 unspecified atom stereocenters. The fraction of sp³-hybridized carbons (Fsp3) is 0.0909. The number of hydrogen-bond acceptors (Lipinski definition) is 2. The van der Waals surface area contributed by atoms with Crippen LogP contribution in [-0.4, -0.2) is 31.8 Å². The largest absolute Gasteiger partial charge is 0.0622 e. The molecule has 0 saturated heterocycles. The predicted molar refractivity (Wildman–Crippen MR) is 280 cm³/mol. The minimum absolute atomic E-state index is 0.348. The molecule has 0 N–H and O–H groups in total. The molecule has 0 heterocycles. The van der Waals surface area contributed by atoms with E-state index in [4.69, 9.17) is 9.42 Å². The van der Waals surface area contributed by atoms with Gasteiger partial charge >= 0.3 is 59.0 Å². The molecule has 0 amide bonds. The average Bonchev–Trinajstić information content (AvgIpc) is 3.38. The summed E-state index contributed by atoms with van der Waals surface area (Å²) in [4.78, 5) is 0. The van der Waals surface area contributed by atoms with Gasteiger partial charge in [0.05, 0.1) is 0 Å². The summed E-state index contributed by atoms with van der Waals surface area (Å²) < 4.78 is 7.76. The molecule has 8 rings (SSSR count). The maximum Gasteiger partial charge on any atom is -0.0195 e. The first-order valence-electron chi connectivity index (χ1n) is 21.0. The molecule has 0 aromatic heterocycles. The number of methoxy groups -OCH3 is 1. The van der Waals surface area contributed by atoms with Gasteiger partial charge in [0.15, 0.2) is 0 Å². The van der Waals surface area contributed by atoms with E-state index in [0.29, 0.717) is 0 Å². The summed E-state index contributed by atoms with van der Waals surface area (Å²) in [7, 11) is 5.13. The van der Waals surface area contributed by atoms with Crippen LogP contribution in [0.15, 0.2) is 255 Å². The van der Waals surface area contributed by atoms with Crippen molar-refractivity contribution in [3.8, 4) is 0 Å². The molecule has 0 saturated carbocycles. The normalized spacial score (nSPS) is 10.9. The zero-order valence-corrected chi connectivity index (χ0v) is 42.2. The van der Waals surface area contributed by atoms with Crippen molar-refractivity contribution < 1.29 is 27.0 Å². The third-order valence-electron chi connectivity index (χ3n) is 10.0. The molecule has 0 fully saturated rings. The van der Waals surface area contributed by atoms with Crippen LogP contribution in [0.4, 0.5) is 0 Å². The van der Waals surface area contributed by atoms with Crippen molar-refractivity contribution in [2.75, 3.05) is 31.8 Å². The number of rotatable bonds is 15. The van der Waals surface area contributed by atoms with Crippen molar-refractivity contribution in [1.29, 1.82) is 0 Å². The molecule has 3 nitrogen and oxygen atoms in total. The van der Waals surface area contributed by atoms with Crippen LogP contribution in [0.25, 0.3) is 3.31 Å². The minimum atomic E-state index is -0.834. The molecule has 8 aromatic carbocycles. The average molecular weight is 1010 g/mol. The molecule has 0 aliphatic rings. The van der Waals surface area contributed by atoms with Gasteiger partial charge in [-0.05, 0) is 98.8 Å². The van der Waals surface area contributed by atoms with Gasteiger partial charge < -0.3 is 0 Å². The Morgan fingerprint density at radius 1 is 0.391 bits per heavy atom. The zero-order valence-electron chi connectivity index (χ0n) is 35.8. The quantitative estimate of drug-likeness (QED) is 0.0583. The Balaban J connectivity index is 0.000000182. The van der Waals surface area contributed by atoms with Crippen LogP contribution in [0.2, 0.25) is 0 Å². The summed E-state index contributed by atoms with van der Waals surface area (Å²) in [5.41, 5.74) is 0. The monoisotopic (exact) mass is 1020 g/mol. The smallest absolute Gasteiger partial charge is 0.0195 e. The van der Waals surface area contributed by atoms with Crippen molar-refractivity contribution in [3.05, 3.63) is 258 Å². The van der Waals surface area contributed by atoms with E-state index in [1.807, 2.05) is 0 Å². The van der Waals surface area contributed by atoms with E-state index in [-0.39, 0.29) is 31.7 Å². The number of nitrogens with zero attached hydrogens (tertiary/aromatic N) is 1. The molecule has 322 valence electrons. The van der Waals surface area contributed by atoms with Crippen LogP contribution >= 0.6 is 41.1 Å². The summed E-state index contributed by atoms with van der Waals surface area (Å²) >= 11 is -0.834. The van der Waals surface area contributed by atoms with E-state index in [1.54, 1.807) is 0 Å². The molecule has 0 spiro atoms. The van der Waals surface area contributed by atoms with E-state index in [2.05, 4.69) is 251 Å². The van der Waals surface area contributed by atoms with Crippen LogP contribution in [0.1, 0.15) is 0 Å². The van der Waals surface area contributed by atoms with Crippen molar-refractivity contribution in [2.45, 2.75) is 0 Å². The summed E-state index contributed by atoms with van der Waals surface area (Å²) in [5.74, 6) is -0.448. The van der Waals surface area contributed by atoms with Crippen molar-refractivity contribution >= 4 is 83.5 Å². The molecule has 9 heteroatoms. The first-order valence-corrected chi connectivity index (χ1v) is 30.6. The Labute approximate surface area is 397 Å². The molecule has 0 aliphatic carbocycles. The second-order valence-corrected chi connectivity index (χ2v) is 25.1. The Bertz CT molecular complexity index is 2090. The maximum atomic E-state index is 10.2. The molecule has 64 heavy (non-hydrogen) atoms. The second-order valence-electron chi connectivity index (χ2n) is 14.1. The number of benzene rings is 8. The fourth-order valence-corrected chi connectivity index (χ4v) is 18.3. The van der Waals surface area contributed by atoms with E-state index in [1.165, 1.54) is 74.2 Å². The molecule has 0 radical (unpaired) electrons. The van der Waals surface area contributed by atoms with Crippen LogP contribution in [-0.2, 0) is 21.9 Å². The molecule has 0 atom stereocenters. The van der Waals surface area contributed by atoms with Crippen LogP contribution in [0.5, 0.6) is 0 Å². The summed E-state index contributed by atoms with van der Waals surface area (Å²) in [5, 5.41) is 21.9. The summed E-state index contributed by atoms with van der Waals surface area (Å²) in [6, 6.07) is 88.4. The van der Waals surface area contributed by atoms with Crippen LogP contribution in [0, 0.1) is 0 Å². The Hall–Kier alpha value is -4.49. The maximum absolute atomic E-state index is 10.2.